The molecular formula is C11H16FN. The molecule has 1 aromatic carbocycles. The number of nitrogens with two attached hydrogens (primary N) is 1. The Bertz CT molecular complexity index is 271. The highest BCUT2D eigenvalue weighted by Gasteiger charge is 2.03. The second-order valence-corrected chi connectivity index (χ2v) is 3.42. The maximum Gasteiger partial charge on any atom is 0.148 e. The SMILES string of the molecule is CCCCc1cc(C)c(F)c(N)c1. The molecule has 0 heterocycles. The molecule has 72 valence electrons. The fraction of sp³-hybridized carbons (Fsp3) is 0.455. The number of unbranched alkanes of at least 4 members (excludes halogenated alkanes) is 1. The van der Waals surface area contributed by atoms with Gasteiger partial charge in [0.05, 0.1) is 5.69 Å². The third-order valence-electron chi connectivity index (χ3n) is 2.16. The first-order valence-corrected chi connectivity index (χ1v) is 4.69. The van der Waals surface area contributed by atoms with Crippen LogP contribution in [0, 0.1) is 12.7 Å². The minimum atomic E-state index is -0.278. The topological polar surface area (TPSA) is 26.0 Å². The van der Waals surface area contributed by atoms with E-state index in [0.29, 0.717) is 5.56 Å². The van der Waals surface area contributed by atoms with E-state index in [4.69, 9.17) is 5.73 Å². The first-order chi connectivity index (χ1) is 6.15. The minimum Gasteiger partial charge on any atom is -0.396 e. The quantitative estimate of drug-likeness (QED) is 0.712. The number of rotatable bonds is 3. The van der Waals surface area contributed by atoms with E-state index >= 15 is 0 Å². The molecule has 1 rings (SSSR count). The van der Waals surface area contributed by atoms with Gasteiger partial charge in [0.25, 0.3) is 0 Å². The maximum absolute atomic E-state index is 13.1. The van der Waals surface area contributed by atoms with Gasteiger partial charge in [0.1, 0.15) is 5.82 Å². The van der Waals surface area contributed by atoms with Crippen LogP contribution in [0.25, 0.3) is 0 Å². The molecule has 1 aromatic rings. The van der Waals surface area contributed by atoms with Crippen LogP contribution in [0.15, 0.2) is 12.1 Å². The van der Waals surface area contributed by atoms with Crippen LogP contribution < -0.4 is 5.73 Å². The van der Waals surface area contributed by atoms with Crippen LogP contribution in [0.3, 0.4) is 0 Å². The Morgan fingerprint density at radius 2 is 2.08 bits per heavy atom. The summed E-state index contributed by atoms with van der Waals surface area (Å²) in [7, 11) is 0. The highest BCUT2D eigenvalue weighted by Crippen LogP contribution is 2.18. The zero-order valence-electron chi connectivity index (χ0n) is 8.23. The number of hydrogen-bond donors (Lipinski definition) is 1. The van der Waals surface area contributed by atoms with E-state index in [0.717, 1.165) is 24.8 Å². The van der Waals surface area contributed by atoms with Gasteiger partial charge in [0, 0.05) is 0 Å². The fourth-order valence-electron chi connectivity index (χ4n) is 1.40. The zero-order chi connectivity index (χ0) is 9.84. The van der Waals surface area contributed by atoms with Crippen molar-refractivity contribution in [1.82, 2.24) is 0 Å². The molecule has 0 atom stereocenters. The van der Waals surface area contributed by atoms with Gasteiger partial charge in [-0.25, -0.2) is 4.39 Å². The Kier molecular flexibility index (Phi) is 3.29. The Balaban J connectivity index is 2.86. The lowest BCUT2D eigenvalue weighted by Crippen LogP contribution is -1.96. The normalized spacial score (nSPS) is 10.4. The number of nitrogen functional groups attached to an aromatic ring is 1. The number of anilines is 1. The summed E-state index contributed by atoms with van der Waals surface area (Å²) in [6.07, 6.45) is 3.27. The number of aryl methyl sites for hydroxylation is 2. The van der Waals surface area contributed by atoms with Crippen molar-refractivity contribution >= 4 is 5.69 Å². The summed E-state index contributed by atoms with van der Waals surface area (Å²) in [6.45, 7) is 3.89. The molecule has 13 heavy (non-hydrogen) atoms. The van der Waals surface area contributed by atoms with E-state index < -0.39 is 0 Å². The van der Waals surface area contributed by atoms with Gasteiger partial charge in [-0.1, -0.05) is 19.4 Å². The van der Waals surface area contributed by atoms with Crippen LogP contribution in [-0.2, 0) is 6.42 Å². The van der Waals surface area contributed by atoms with Crippen LogP contribution in [0.2, 0.25) is 0 Å². The van der Waals surface area contributed by atoms with Gasteiger partial charge in [-0.3, -0.25) is 0 Å². The van der Waals surface area contributed by atoms with Crippen molar-refractivity contribution in [1.29, 1.82) is 0 Å². The van der Waals surface area contributed by atoms with Crippen molar-refractivity contribution in [2.45, 2.75) is 33.1 Å². The summed E-state index contributed by atoms with van der Waals surface area (Å²) in [5.41, 5.74) is 7.57. The average Bonchev–Trinajstić information content (AvgIpc) is 2.10. The van der Waals surface area contributed by atoms with Crippen molar-refractivity contribution in [2.24, 2.45) is 0 Å². The third kappa shape index (κ3) is 2.44. The van der Waals surface area contributed by atoms with Gasteiger partial charge < -0.3 is 5.73 Å². The molecule has 0 fully saturated rings. The summed E-state index contributed by atoms with van der Waals surface area (Å²) in [6, 6.07) is 3.61. The van der Waals surface area contributed by atoms with Crippen LogP contribution >= 0.6 is 0 Å². The van der Waals surface area contributed by atoms with Crippen molar-refractivity contribution in [2.75, 3.05) is 5.73 Å². The molecule has 0 bridgehead atoms. The highest BCUT2D eigenvalue weighted by molar-refractivity contribution is 5.46. The lowest BCUT2D eigenvalue weighted by Gasteiger charge is -2.05. The number of benzene rings is 1. The molecule has 0 saturated heterocycles. The standard InChI is InChI=1S/C11H16FN/c1-3-4-5-9-6-8(2)11(12)10(13)7-9/h6-7H,3-5,13H2,1-2H3. The molecule has 2 heteroatoms. The molecule has 0 saturated carbocycles. The summed E-state index contributed by atoms with van der Waals surface area (Å²) in [5.74, 6) is -0.278. The van der Waals surface area contributed by atoms with Crippen molar-refractivity contribution in [3.63, 3.8) is 0 Å². The molecule has 1 nitrogen and oxygen atoms in total. The second kappa shape index (κ2) is 4.26. The second-order valence-electron chi connectivity index (χ2n) is 3.42. The average molecular weight is 181 g/mol. The lowest BCUT2D eigenvalue weighted by atomic mass is 10.0. The number of halogens is 1. The maximum atomic E-state index is 13.1. The Morgan fingerprint density at radius 1 is 1.38 bits per heavy atom. The van der Waals surface area contributed by atoms with Gasteiger partial charge in [0.15, 0.2) is 0 Å². The smallest absolute Gasteiger partial charge is 0.148 e. The Hall–Kier alpha value is -1.05. The van der Waals surface area contributed by atoms with E-state index in [1.165, 1.54) is 0 Å². The predicted octanol–water partition coefficient (Wildman–Crippen LogP) is 3.06. The number of hydrogen-bond acceptors (Lipinski definition) is 1. The van der Waals surface area contributed by atoms with Crippen molar-refractivity contribution in [3.05, 3.63) is 29.1 Å². The molecule has 0 spiro atoms. The molecule has 0 aliphatic heterocycles. The zero-order valence-corrected chi connectivity index (χ0v) is 8.23. The van der Waals surface area contributed by atoms with Crippen LogP contribution in [-0.4, -0.2) is 0 Å². The molecule has 2 N–H and O–H groups in total. The van der Waals surface area contributed by atoms with Gasteiger partial charge in [-0.15, -0.1) is 0 Å². The van der Waals surface area contributed by atoms with Gasteiger partial charge >= 0.3 is 0 Å². The molecule has 0 unspecified atom stereocenters. The van der Waals surface area contributed by atoms with E-state index in [2.05, 4.69) is 6.92 Å². The third-order valence-corrected chi connectivity index (χ3v) is 2.16. The van der Waals surface area contributed by atoms with Gasteiger partial charge in [0.2, 0.25) is 0 Å². The lowest BCUT2D eigenvalue weighted by molar-refractivity contribution is 0.622. The van der Waals surface area contributed by atoms with Gasteiger partial charge in [-0.05, 0) is 37.0 Å². The predicted molar refractivity (Wildman–Crippen MR) is 54.2 cm³/mol. The van der Waals surface area contributed by atoms with E-state index in [1.54, 1.807) is 13.0 Å². The van der Waals surface area contributed by atoms with E-state index in [-0.39, 0.29) is 11.5 Å². The Morgan fingerprint density at radius 3 is 2.62 bits per heavy atom. The largest absolute Gasteiger partial charge is 0.396 e. The summed E-state index contributed by atoms with van der Waals surface area (Å²) in [5, 5.41) is 0. The molecule has 0 aliphatic carbocycles. The van der Waals surface area contributed by atoms with Crippen molar-refractivity contribution in [3.8, 4) is 0 Å². The van der Waals surface area contributed by atoms with Crippen LogP contribution in [0.5, 0.6) is 0 Å². The first-order valence-electron chi connectivity index (χ1n) is 4.69. The Labute approximate surface area is 78.8 Å². The first kappa shape index (κ1) is 10.0. The monoisotopic (exact) mass is 181 g/mol. The van der Waals surface area contributed by atoms with E-state index in [1.807, 2.05) is 6.07 Å². The van der Waals surface area contributed by atoms with E-state index in [9.17, 15) is 4.39 Å². The molecule has 0 amide bonds. The molecule has 0 radical (unpaired) electrons. The van der Waals surface area contributed by atoms with Crippen molar-refractivity contribution < 1.29 is 4.39 Å². The van der Waals surface area contributed by atoms with Crippen LogP contribution in [0.1, 0.15) is 30.9 Å². The molecule has 0 aliphatic rings. The summed E-state index contributed by atoms with van der Waals surface area (Å²) < 4.78 is 13.1. The molecule has 0 aromatic heterocycles. The summed E-state index contributed by atoms with van der Waals surface area (Å²) >= 11 is 0. The van der Waals surface area contributed by atoms with Crippen LogP contribution in [0.4, 0.5) is 10.1 Å². The minimum absolute atomic E-state index is 0.270. The highest BCUT2D eigenvalue weighted by atomic mass is 19.1. The molecular weight excluding hydrogens is 165 g/mol. The van der Waals surface area contributed by atoms with Gasteiger partial charge in [-0.2, -0.15) is 0 Å². The fourth-order valence-corrected chi connectivity index (χ4v) is 1.40. The summed E-state index contributed by atoms with van der Waals surface area (Å²) in [4.78, 5) is 0.